The topological polar surface area (TPSA) is 96.2 Å². The third-order valence-electron chi connectivity index (χ3n) is 5.38. The Morgan fingerprint density at radius 2 is 2.00 bits per heavy atom. The molecule has 9 heteroatoms. The molecule has 1 N–H and O–H groups in total. The highest BCUT2D eigenvalue weighted by molar-refractivity contribution is 5.83. The van der Waals surface area contributed by atoms with Crippen LogP contribution in [-0.4, -0.2) is 69.1 Å². The van der Waals surface area contributed by atoms with Gasteiger partial charge in [-0.3, -0.25) is 14.2 Å². The van der Waals surface area contributed by atoms with Crippen LogP contribution in [0, 0.1) is 0 Å². The summed E-state index contributed by atoms with van der Waals surface area (Å²) >= 11 is 0. The van der Waals surface area contributed by atoms with Gasteiger partial charge in [0.1, 0.15) is 12.4 Å². The fraction of sp³-hybridized carbons (Fsp3) is 0.526. The van der Waals surface area contributed by atoms with Crippen molar-refractivity contribution >= 4 is 11.9 Å². The van der Waals surface area contributed by atoms with E-state index in [9.17, 15) is 9.59 Å². The van der Waals surface area contributed by atoms with Gasteiger partial charge in [-0.1, -0.05) is 0 Å². The van der Waals surface area contributed by atoms with Gasteiger partial charge in [-0.15, -0.1) is 0 Å². The molecule has 0 radical (unpaired) electrons. The van der Waals surface area contributed by atoms with Gasteiger partial charge in [0.2, 0.25) is 11.9 Å². The van der Waals surface area contributed by atoms with Crippen LogP contribution in [0.15, 0.2) is 29.5 Å². The van der Waals surface area contributed by atoms with E-state index in [0.717, 1.165) is 25.9 Å². The Morgan fingerprint density at radius 3 is 2.75 bits per heavy atom. The molecule has 0 spiro atoms. The van der Waals surface area contributed by atoms with Crippen molar-refractivity contribution in [1.29, 1.82) is 0 Å². The zero-order valence-corrected chi connectivity index (χ0v) is 16.0. The van der Waals surface area contributed by atoms with Crippen LogP contribution in [0.25, 0.3) is 11.4 Å². The minimum atomic E-state index is -0.286. The number of likely N-dealkylation sites (tertiary alicyclic amines) is 1. The SMILES string of the molecule is Cn1c(N2CCNC(C(=O)N3CCCCC3)C2)nc(-c2ccncn2)cc1=O. The number of hydrogen-bond donors (Lipinski definition) is 1. The molecule has 2 aromatic heterocycles. The number of nitrogens with zero attached hydrogens (tertiary/aromatic N) is 6. The van der Waals surface area contributed by atoms with Crippen molar-refractivity contribution in [2.24, 2.45) is 7.05 Å². The standard InChI is InChI=1S/C19H25N7O2/c1-24-17(27)11-15(14-5-6-20-13-22-14)23-19(24)26-10-7-21-16(12-26)18(28)25-8-3-2-4-9-25/h5-6,11,13,16,21H,2-4,7-10,12H2,1H3. The van der Waals surface area contributed by atoms with Crippen molar-refractivity contribution in [2.75, 3.05) is 37.6 Å². The van der Waals surface area contributed by atoms with Crippen LogP contribution in [0.1, 0.15) is 19.3 Å². The normalized spacial score (nSPS) is 20.2. The molecule has 2 aliphatic rings. The number of carbonyl (C=O) groups is 1. The third-order valence-corrected chi connectivity index (χ3v) is 5.38. The maximum absolute atomic E-state index is 12.9. The number of amides is 1. The lowest BCUT2D eigenvalue weighted by Gasteiger charge is -2.37. The van der Waals surface area contributed by atoms with Gasteiger partial charge in [0, 0.05) is 52.0 Å². The Bertz CT molecular complexity index is 893. The van der Waals surface area contributed by atoms with Crippen LogP contribution in [-0.2, 0) is 11.8 Å². The Morgan fingerprint density at radius 1 is 1.18 bits per heavy atom. The predicted molar refractivity (Wildman–Crippen MR) is 105 cm³/mol. The van der Waals surface area contributed by atoms with E-state index in [1.54, 1.807) is 19.3 Å². The minimum Gasteiger partial charge on any atom is -0.341 e. The van der Waals surface area contributed by atoms with E-state index in [1.165, 1.54) is 23.4 Å². The maximum Gasteiger partial charge on any atom is 0.255 e. The summed E-state index contributed by atoms with van der Waals surface area (Å²) in [7, 11) is 1.71. The number of aromatic nitrogens is 4. The van der Waals surface area contributed by atoms with E-state index in [1.807, 2.05) is 9.80 Å². The fourth-order valence-electron chi connectivity index (χ4n) is 3.82. The predicted octanol–water partition coefficient (Wildman–Crippen LogP) is 0.0280. The molecule has 1 unspecified atom stereocenters. The van der Waals surface area contributed by atoms with Crippen molar-refractivity contribution in [2.45, 2.75) is 25.3 Å². The second kappa shape index (κ2) is 8.05. The van der Waals surface area contributed by atoms with Gasteiger partial charge in [-0.05, 0) is 25.3 Å². The Kier molecular flexibility index (Phi) is 5.34. The summed E-state index contributed by atoms with van der Waals surface area (Å²) in [4.78, 5) is 42.2. The van der Waals surface area contributed by atoms with Crippen LogP contribution in [0.2, 0.25) is 0 Å². The lowest BCUT2D eigenvalue weighted by Crippen LogP contribution is -2.59. The van der Waals surface area contributed by atoms with Gasteiger partial charge in [0.25, 0.3) is 5.56 Å². The molecular weight excluding hydrogens is 358 g/mol. The van der Waals surface area contributed by atoms with Gasteiger partial charge in [-0.2, -0.15) is 0 Å². The van der Waals surface area contributed by atoms with Gasteiger partial charge in [-0.25, -0.2) is 15.0 Å². The van der Waals surface area contributed by atoms with Crippen LogP contribution < -0.4 is 15.8 Å². The summed E-state index contributed by atoms with van der Waals surface area (Å²) in [5, 5.41) is 3.33. The number of anilines is 1. The number of rotatable bonds is 3. The highest BCUT2D eigenvalue weighted by atomic mass is 16.2. The molecule has 2 aliphatic heterocycles. The molecule has 9 nitrogen and oxygen atoms in total. The van der Waals surface area contributed by atoms with E-state index < -0.39 is 0 Å². The molecule has 4 rings (SSSR count). The van der Waals surface area contributed by atoms with Gasteiger partial charge in [0.05, 0.1) is 11.4 Å². The number of nitrogens with one attached hydrogen (secondary N) is 1. The quantitative estimate of drug-likeness (QED) is 0.799. The second-order valence-electron chi connectivity index (χ2n) is 7.27. The van der Waals surface area contributed by atoms with Crippen LogP contribution >= 0.6 is 0 Å². The molecule has 0 aromatic carbocycles. The molecule has 1 amide bonds. The zero-order valence-electron chi connectivity index (χ0n) is 16.0. The van der Waals surface area contributed by atoms with E-state index in [2.05, 4.69) is 20.3 Å². The molecule has 4 heterocycles. The van der Waals surface area contributed by atoms with Crippen LogP contribution in [0.3, 0.4) is 0 Å². The van der Waals surface area contributed by atoms with E-state index in [-0.39, 0.29) is 17.5 Å². The average Bonchev–Trinajstić information content (AvgIpc) is 2.76. The zero-order chi connectivity index (χ0) is 19.5. The summed E-state index contributed by atoms with van der Waals surface area (Å²) in [5.41, 5.74) is 0.957. The van der Waals surface area contributed by atoms with Crippen LogP contribution in [0.4, 0.5) is 5.95 Å². The number of piperazine rings is 1. The summed E-state index contributed by atoms with van der Waals surface area (Å²) in [6.45, 7) is 3.49. The Labute approximate surface area is 163 Å². The summed E-state index contributed by atoms with van der Waals surface area (Å²) in [6, 6.07) is 2.92. The van der Waals surface area contributed by atoms with Gasteiger partial charge >= 0.3 is 0 Å². The monoisotopic (exact) mass is 383 g/mol. The summed E-state index contributed by atoms with van der Waals surface area (Å²) in [5.74, 6) is 0.695. The summed E-state index contributed by atoms with van der Waals surface area (Å²) < 4.78 is 1.53. The largest absolute Gasteiger partial charge is 0.341 e. The van der Waals surface area contributed by atoms with E-state index >= 15 is 0 Å². The highest BCUT2D eigenvalue weighted by Crippen LogP contribution is 2.18. The summed E-state index contributed by atoms with van der Waals surface area (Å²) in [6.07, 6.45) is 6.39. The first kappa shape index (κ1) is 18.5. The molecular formula is C19H25N7O2. The molecule has 0 aliphatic carbocycles. The molecule has 2 saturated heterocycles. The van der Waals surface area contributed by atoms with Gasteiger partial charge in [0.15, 0.2) is 0 Å². The highest BCUT2D eigenvalue weighted by Gasteiger charge is 2.31. The fourth-order valence-corrected chi connectivity index (χ4v) is 3.82. The number of carbonyl (C=O) groups excluding carboxylic acids is 1. The maximum atomic E-state index is 12.9. The second-order valence-corrected chi connectivity index (χ2v) is 7.27. The lowest BCUT2D eigenvalue weighted by atomic mass is 10.1. The molecule has 2 aromatic rings. The molecule has 2 fully saturated rings. The van der Waals surface area contributed by atoms with Crippen molar-refractivity contribution in [1.82, 2.24) is 29.7 Å². The molecule has 28 heavy (non-hydrogen) atoms. The first-order valence-electron chi connectivity index (χ1n) is 9.75. The van der Waals surface area contributed by atoms with E-state index in [0.29, 0.717) is 37.0 Å². The van der Waals surface area contributed by atoms with Crippen molar-refractivity contribution in [3.05, 3.63) is 35.0 Å². The minimum absolute atomic E-state index is 0.140. The third kappa shape index (κ3) is 3.75. The van der Waals surface area contributed by atoms with Crippen molar-refractivity contribution in [3.8, 4) is 11.4 Å². The number of hydrogen-bond acceptors (Lipinski definition) is 7. The Hall–Kier alpha value is -2.81. The average molecular weight is 383 g/mol. The Balaban J connectivity index is 1.58. The smallest absolute Gasteiger partial charge is 0.255 e. The first-order valence-corrected chi connectivity index (χ1v) is 9.75. The molecule has 148 valence electrons. The van der Waals surface area contributed by atoms with Crippen molar-refractivity contribution in [3.63, 3.8) is 0 Å². The molecule has 0 bridgehead atoms. The van der Waals surface area contributed by atoms with Crippen molar-refractivity contribution < 1.29 is 4.79 Å². The lowest BCUT2D eigenvalue weighted by molar-refractivity contribution is -0.134. The molecule has 1 atom stereocenters. The molecule has 0 saturated carbocycles. The van der Waals surface area contributed by atoms with Crippen LogP contribution in [0.5, 0.6) is 0 Å². The first-order chi connectivity index (χ1) is 13.6. The number of piperidine rings is 1. The van der Waals surface area contributed by atoms with Gasteiger partial charge < -0.3 is 15.1 Å². The van der Waals surface area contributed by atoms with E-state index in [4.69, 9.17) is 0 Å².